The molecule has 1 N–H and O–H groups in total. The quantitative estimate of drug-likeness (QED) is 0.765. The molecule has 30 heavy (non-hydrogen) atoms. The minimum Gasteiger partial charge on any atom is -0.322 e. The van der Waals surface area contributed by atoms with E-state index in [4.69, 9.17) is 11.6 Å². The van der Waals surface area contributed by atoms with Gasteiger partial charge in [0.15, 0.2) is 0 Å². The molecule has 1 aliphatic heterocycles. The van der Waals surface area contributed by atoms with Crippen molar-refractivity contribution in [3.05, 3.63) is 59.1 Å². The van der Waals surface area contributed by atoms with E-state index in [-0.39, 0.29) is 46.2 Å². The smallest absolute Gasteiger partial charge is 0.257 e. The van der Waals surface area contributed by atoms with Gasteiger partial charge in [-0.05, 0) is 43.2 Å². The van der Waals surface area contributed by atoms with Gasteiger partial charge >= 0.3 is 0 Å². The van der Waals surface area contributed by atoms with Crippen LogP contribution in [0, 0.1) is 5.92 Å². The number of hydrogen-bond donors (Lipinski definition) is 1. The average molecular weight is 447 g/mol. The number of halogens is 1. The lowest BCUT2D eigenvalue weighted by molar-refractivity contribution is -0.128. The number of benzene rings is 2. The topological polar surface area (TPSA) is 83.6 Å². The van der Waals surface area contributed by atoms with E-state index in [9.17, 15) is 18.0 Å². The van der Waals surface area contributed by atoms with Crippen molar-refractivity contribution in [1.29, 1.82) is 0 Å². The molecule has 1 amide bonds. The maximum atomic E-state index is 13.4. The lowest BCUT2D eigenvalue weighted by Gasteiger charge is -2.42. The van der Waals surface area contributed by atoms with E-state index in [1.54, 1.807) is 24.3 Å². The number of nitrogens with zero attached hydrogens (tertiary/aromatic N) is 1. The van der Waals surface area contributed by atoms with Gasteiger partial charge in [0.2, 0.25) is 10.0 Å². The SMILES string of the molecule is O=C(Nc1ccccc1)c1cc(S(=O)(=O)N2CCC(=O)C3CCCCC32)ccc1Cl. The van der Waals surface area contributed by atoms with Crippen LogP contribution in [-0.2, 0) is 14.8 Å². The number of nitrogens with one attached hydrogen (secondary N) is 1. The fourth-order valence-electron chi connectivity index (χ4n) is 4.40. The summed E-state index contributed by atoms with van der Waals surface area (Å²) in [5.41, 5.74) is 0.682. The van der Waals surface area contributed by atoms with Gasteiger partial charge in [0.05, 0.1) is 15.5 Å². The second-order valence-electron chi connectivity index (χ2n) is 7.75. The third-order valence-electron chi connectivity index (χ3n) is 5.91. The van der Waals surface area contributed by atoms with E-state index in [1.165, 1.54) is 22.5 Å². The summed E-state index contributed by atoms with van der Waals surface area (Å²) in [5, 5.41) is 2.90. The van der Waals surface area contributed by atoms with Gasteiger partial charge in [-0.15, -0.1) is 0 Å². The van der Waals surface area contributed by atoms with E-state index >= 15 is 0 Å². The molecule has 1 saturated carbocycles. The Labute approximate surface area is 181 Å². The molecule has 0 radical (unpaired) electrons. The first-order chi connectivity index (χ1) is 14.4. The van der Waals surface area contributed by atoms with Gasteiger partial charge in [0.1, 0.15) is 5.78 Å². The van der Waals surface area contributed by atoms with Crippen molar-refractivity contribution in [2.24, 2.45) is 5.92 Å². The van der Waals surface area contributed by atoms with Crippen molar-refractivity contribution >= 4 is 39.0 Å². The zero-order chi connectivity index (χ0) is 21.3. The highest BCUT2D eigenvalue weighted by atomic mass is 35.5. The summed E-state index contributed by atoms with van der Waals surface area (Å²) in [5.74, 6) is -0.548. The molecule has 8 heteroatoms. The molecule has 1 aliphatic carbocycles. The van der Waals surface area contributed by atoms with E-state index < -0.39 is 15.9 Å². The van der Waals surface area contributed by atoms with Crippen molar-refractivity contribution in [2.45, 2.75) is 43.0 Å². The van der Waals surface area contributed by atoms with E-state index in [1.807, 2.05) is 6.07 Å². The third kappa shape index (κ3) is 4.02. The molecule has 2 atom stereocenters. The van der Waals surface area contributed by atoms with Crippen molar-refractivity contribution < 1.29 is 18.0 Å². The molecule has 4 rings (SSSR count). The van der Waals surface area contributed by atoms with Gasteiger partial charge in [-0.1, -0.05) is 42.6 Å². The molecule has 2 aromatic carbocycles. The first kappa shape index (κ1) is 21.0. The van der Waals surface area contributed by atoms with Gasteiger partial charge in [0, 0.05) is 30.6 Å². The van der Waals surface area contributed by atoms with Crippen LogP contribution in [0.1, 0.15) is 42.5 Å². The zero-order valence-corrected chi connectivity index (χ0v) is 18.0. The number of anilines is 1. The second-order valence-corrected chi connectivity index (χ2v) is 10.0. The van der Waals surface area contributed by atoms with E-state index in [0.717, 1.165) is 19.3 Å². The minimum atomic E-state index is -3.86. The Morgan fingerprint density at radius 3 is 2.57 bits per heavy atom. The number of carbonyl (C=O) groups is 2. The Morgan fingerprint density at radius 2 is 1.80 bits per heavy atom. The van der Waals surface area contributed by atoms with Crippen LogP contribution < -0.4 is 5.32 Å². The van der Waals surface area contributed by atoms with Gasteiger partial charge in [-0.25, -0.2) is 8.42 Å². The standard InChI is InChI=1S/C22H23ClN2O4S/c23-19-11-10-16(14-18(19)22(27)24-15-6-2-1-3-7-15)30(28,29)25-13-12-21(26)17-8-4-5-9-20(17)25/h1-3,6-7,10-11,14,17,20H,4-5,8-9,12-13H2,(H,24,27). The molecule has 1 heterocycles. The maximum Gasteiger partial charge on any atom is 0.257 e. The van der Waals surface area contributed by atoms with Crippen LogP contribution in [-0.4, -0.2) is 37.0 Å². The van der Waals surface area contributed by atoms with Crippen LogP contribution in [0.2, 0.25) is 5.02 Å². The minimum absolute atomic E-state index is 0.0174. The number of rotatable bonds is 4. The Morgan fingerprint density at radius 1 is 1.07 bits per heavy atom. The first-order valence-electron chi connectivity index (χ1n) is 10.1. The molecule has 158 valence electrons. The lowest BCUT2D eigenvalue weighted by atomic mass is 9.79. The van der Waals surface area contributed by atoms with Crippen LogP contribution in [0.25, 0.3) is 0 Å². The highest BCUT2D eigenvalue weighted by Gasteiger charge is 2.43. The fraction of sp³-hybridized carbons (Fsp3) is 0.364. The third-order valence-corrected chi connectivity index (χ3v) is 8.16. The summed E-state index contributed by atoms with van der Waals surface area (Å²) >= 11 is 6.21. The molecule has 2 unspecified atom stereocenters. The zero-order valence-electron chi connectivity index (χ0n) is 16.4. The number of sulfonamides is 1. The lowest BCUT2D eigenvalue weighted by Crippen LogP contribution is -2.53. The van der Waals surface area contributed by atoms with Crippen LogP contribution >= 0.6 is 11.6 Å². The molecule has 6 nitrogen and oxygen atoms in total. The van der Waals surface area contributed by atoms with Gasteiger partial charge in [-0.2, -0.15) is 4.31 Å². The predicted octanol–water partition coefficient (Wildman–Crippen LogP) is 4.11. The molecular weight excluding hydrogens is 424 g/mol. The Kier molecular flexibility index (Phi) is 5.95. The molecular formula is C22H23ClN2O4S. The van der Waals surface area contributed by atoms with Gasteiger partial charge < -0.3 is 5.32 Å². The van der Waals surface area contributed by atoms with Crippen molar-refractivity contribution in [3.63, 3.8) is 0 Å². The summed E-state index contributed by atoms with van der Waals surface area (Å²) in [4.78, 5) is 25.0. The number of carbonyl (C=O) groups excluding carboxylic acids is 2. The number of ketones is 1. The van der Waals surface area contributed by atoms with Crippen LogP contribution in [0.15, 0.2) is 53.4 Å². The van der Waals surface area contributed by atoms with Crippen LogP contribution in [0.3, 0.4) is 0 Å². The molecule has 2 aliphatic rings. The second kappa shape index (κ2) is 8.49. The van der Waals surface area contributed by atoms with Crippen LogP contribution in [0.4, 0.5) is 5.69 Å². The summed E-state index contributed by atoms with van der Waals surface area (Å²) in [7, 11) is -3.86. The summed E-state index contributed by atoms with van der Waals surface area (Å²) in [6.45, 7) is 0.177. The number of hydrogen-bond acceptors (Lipinski definition) is 4. The van der Waals surface area contributed by atoms with Crippen molar-refractivity contribution in [1.82, 2.24) is 4.31 Å². The Bertz CT molecular complexity index is 1070. The Balaban J connectivity index is 1.64. The predicted molar refractivity (Wildman–Crippen MR) is 115 cm³/mol. The summed E-state index contributed by atoms with van der Waals surface area (Å²) < 4.78 is 28.3. The number of amides is 1. The number of fused-ring (bicyclic) bond motifs is 1. The Hall–Kier alpha value is -2.22. The number of Topliss-reactive ketones (excluding diaryl/α,β-unsaturated/α-hetero) is 1. The van der Waals surface area contributed by atoms with Gasteiger partial charge in [0.25, 0.3) is 5.91 Å². The maximum absolute atomic E-state index is 13.4. The first-order valence-corrected chi connectivity index (χ1v) is 11.9. The van der Waals surface area contributed by atoms with E-state index in [0.29, 0.717) is 12.1 Å². The van der Waals surface area contributed by atoms with Crippen LogP contribution in [0.5, 0.6) is 0 Å². The molecule has 0 spiro atoms. The van der Waals surface area contributed by atoms with Crippen molar-refractivity contribution in [3.8, 4) is 0 Å². The summed E-state index contributed by atoms with van der Waals surface area (Å²) in [6, 6.07) is 12.8. The fourth-order valence-corrected chi connectivity index (χ4v) is 6.32. The largest absolute Gasteiger partial charge is 0.322 e. The summed E-state index contributed by atoms with van der Waals surface area (Å²) in [6.07, 6.45) is 3.51. The highest BCUT2D eigenvalue weighted by molar-refractivity contribution is 7.89. The monoisotopic (exact) mass is 446 g/mol. The van der Waals surface area contributed by atoms with Crippen molar-refractivity contribution in [2.75, 3.05) is 11.9 Å². The molecule has 1 saturated heterocycles. The molecule has 2 aromatic rings. The molecule has 0 bridgehead atoms. The molecule has 0 aromatic heterocycles. The normalized spacial score (nSPS) is 22.4. The average Bonchev–Trinajstić information content (AvgIpc) is 2.75. The highest BCUT2D eigenvalue weighted by Crippen LogP contribution is 2.37. The number of para-hydroxylation sites is 1. The van der Waals surface area contributed by atoms with Gasteiger partial charge in [-0.3, -0.25) is 9.59 Å². The molecule has 2 fully saturated rings. The van der Waals surface area contributed by atoms with E-state index in [2.05, 4.69) is 5.32 Å². The number of piperidine rings is 1.